The highest BCUT2D eigenvalue weighted by molar-refractivity contribution is 6.30. The van der Waals surface area contributed by atoms with Crippen LogP contribution in [0.3, 0.4) is 0 Å². The van der Waals surface area contributed by atoms with E-state index in [2.05, 4.69) is 6.92 Å². The number of halogens is 2. The van der Waals surface area contributed by atoms with Gasteiger partial charge >= 0.3 is 0 Å². The van der Waals surface area contributed by atoms with Crippen molar-refractivity contribution in [3.63, 3.8) is 0 Å². The molecule has 1 aromatic carbocycles. The van der Waals surface area contributed by atoms with Gasteiger partial charge in [0, 0.05) is 11.1 Å². The monoisotopic (exact) mass is 215 g/mol. The molecule has 0 saturated carbocycles. The molecule has 1 unspecified atom stereocenters. The highest BCUT2D eigenvalue weighted by Crippen LogP contribution is 2.25. The Balaban J connectivity index is 2.94. The molecule has 3 heteroatoms. The van der Waals surface area contributed by atoms with Crippen LogP contribution in [0, 0.1) is 11.7 Å². The van der Waals surface area contributed by atoms with Crippen LogP contribution in [-0.4, -0.2) is 0 Å². The molecule has 14 heavy (non-hydrogen) atoms. The van der Waals surface area contributed by atoms with Crippen LogP contribution in [0.25, 0.3) is 0 Å². The number of benzene rings is 1. The van der Waals surface area contributed by atoms with Crippen LogP contribution < -0.4 is 5.73 Å². The summed E-state index contributed by atoms with van der Waals surface area (Å²) < 4.78 is 13.0. The molecule has 1 nitrogen and oxygen atoms in total. The average molecular weight is 216 g/mol. The van der Waals surface area contributed by atoms with E-state index in [4.69, 9.17) is 17.3 Å². The Morgan fingerprint density at radius 2 is 2.07 bits per heavy atom. The fraction of sp³-hybridized carbons (Fsp3) is 0.455. The van der Waals surface area contributed by atoms with Crippen LogP contribution in [0.1, 0.15) is 31.9 Å². The molecule has 0 aliphatic heterocycles. The Labute approximate surface area is 89.1 Å². The van der Waals surface area contributed by atoms with Crippen molar-refractivity contribution in [2.45, 2.75) is 26.3 Å². The van der Waals surface area contributed by atoms with E-state index in [1.165, 1.54) is 12.1 Å². The largest absolute Gasteiger partial charge is 0.324 e. The van der Waals surface area contributed by atoms with Gasteiger partial charge in [0.05, 0.1) is 0 Å². The normalized spacial score (nSPS) is 15.2. The van der Waals surface area contributed by atoms with Crippen LogP contribution in [0.2, 0.25) is 5.02 Å². The lowest BCUT2D eigenvalue weighted by Crippen LogP contribution is -2.18. The third kappa shape index (κ3) is 2.69. The Morgan fingerprint density at radius 1 is 1.43 bits per heavy atom. The molecule has 1 rings (SSSR count). The highest BCUT2D eigenvalue weighted by atomic mass is 35.5. The minimum atomic E-state index is -0.328. The molecule has 2 N–H and O–H groups in total. The lowest BCUT2D eigenvalue weighted by molar-refractivity contribution is 0.455. The summed E-state index contributed by atoms with van der Waals surface area (Å²) in [5.74, 6) is -0.000815. The lowest BCUT2D eigenvalue weighted by atomic mass is 9.93. The van der Waals surface area contributed by atoms with Crippen LogP contribution in [0.15, 0.2) is 18.2 Å². The van der Waals surface area contributed by atoms with Crippen molar-refractivity contribution in [1.82, 2.24) is 0 Å². The number of hydrogen-bond acceptors (Lipinski definition) is 1. The molecule has 0 fully saturated rings. The second-order valence-electron chi connectivity index (χ2n) is 3.61. The van der Waals surface area contributed by atoms with Crippen molar-refractivity contribution in [1.29, 1.82) is 0 Å². The van der Waals surface area contributed by atoms with Crippen LogP contribution >= 0.6 is 11.6 Å². The third-order valence-electron chi connectivity index (χ3n) is 2.53. The molecule has 2 atom stereocenters. The van der Waals surface area contributed by atoms with Crippen molar-refractivity contribution >= 4 is 11.6 Å². The van der Waals surface area contributed by atoms with Gasteiger partial charge in [0.1, 0.15) is 5.82 Å². The predicted molar refractivity (Wildman–Crippen MR) is 57.8 cm³/mol. The molecule has 0 aromatic heterocycles. The zero-order valence-electron chi connectivity index (χ0n) is 8.43. The lowest BCUT2D eigenvalue weighted by Gasteiger charge is -2.18. The summed E-state index contributed by atoms with van der Waals surface area (Å²) in [4.78, 5) is 0. The second-order valence-corrected chi connectivity index (χ2v) is 4.05. The Morgan fingerprint density at radius 3 is 2.57 bits per heavy atom. The van der Waals surface area contributed by atoms with Gasteiger partial charge in [-0.25, -0.2) is 4.39 Å². The van der Waals surface area contributed by atoms with Gasteiger partial charge in [-0.05, 0) is 29.7 Å². The first-order chi connectivity index (χ1) is 6.54. The van der Waals surface area contributed by atoms with Crippen LogP contribution in [-0.2, 0) is 0 Å². The summed E-state index contributed by atoms with van der Waals surface area (Å²) >= 11 is 5.75. The van der Waals surface area contributed by atoms with Crippen LogP contribution in [0.4, 0.5) is 4.39 Å². The summed E-state index contributed by atoms with van der Waals surface area (Å²) in [6.07, 6.45) is 0.968. The van der Waals surface area contributed by atoms with E-state index < -0.39 is 0 Å². The summed E-state index contributed by atoms with van der Waals surface area (Å²) in [5.41, 5.74) is 6.73. The second kappa shape index (κ2) is 4.76. The number of rotatable bonds is 3. The smallest absolute Gasteiger partial charge is 0.125 e. The summed E-state index contributed by atoms with van der Waals surface area (Å²) in [7, 11) is 0. The van der Waals surface area contributed by atoms with E-state index >= 15 is 0 Å². The molecule has 0 heterocycles. The summed E-state index contributed by atoms with van der Waals surface area (Å²) in [5, 5.41) is 0.402. The van der Waals surface area contributed by atoms with Crippen molar-refractivity contribution in [2.75, 3.05) is 0 Å². The van der Waals surface area contributed by atoms with Crippen molar-refractivity contribution < 1.29 is 4.39 Å². The molecular weight excluding hydrogens is 201 g/mol. The minimum absolute atomic E-state index is 0.145. The maximum absolute atomic E-state index is 13.0. The molecule has 78 valence electrons. The zero-order valence-corrected chi connectivity index (χ0v) is 9.18. The number of hydrogen-bond donors (Lipinski definition) is 1. The SMILES string of the molecule is CCC(C)[C@@H](N)c1cc(F)cc(Cl)c1. The standard InChI is InChI=1S/C11H15ClFN/c1-3-7(2)11(14)8-4-9(12)6-10(13)5-8/h4-7,11H,3,14H2,1-2H3/t7?,11-/m1/s1. The molecule has 1 aromatic rings. The van der Waals surface area contributed by atoms with E-state index in [9.17, 15) is 4.39 Å². The van der Waals surface area contributed by atoms with Gasteiger partial charge in [0.15, 0.2) is 0 Å². The van der Waals surface area contributed by atoms with Crippen LogP contribution in [0.5, 0.6) is 0 Å². The zero-order chi connectivity index (χ0) is 10.7. The predicted octanol–water partition coefficient (Wildman–Crippen LogP) is 3.53. The van der Waals surface area contributed by atoms with Gasteiger partial charge in [-0.15, -0.1) is 0 Å². The first-order valence-corrected chi connectivity index (χ1v) is 5.14. The van der Waals surface area contributed by atoms with Crippen molar-refractivity contribution in [3.8, 4) is 0 Å². The number of nitrogens with two attached hydrogens (primary N) is 1. The fourth-order valence-corrected chi connectivity index (χ4v) is 1.58. The molecular formula is C11H15ClFN. The molecule has 0 saturated heterocycles. The van der Waals surface area contributed by atoms with Gasteiger partial charge in [0.25, 0.3) is 0 Å². The molecule has 0 aliphatic rings. The van der Waals surface area contributed by atoms with Gasteiger partial charge in [0.2, 0.25) is 0 Å². The quantitative estimate of drug-likeness (QED) is 0.820. The molecule has 0 bridgehead atoms. The van der Waals surface area contributed by atoms with E-state index in [1.807, 2.05) is 6.92 Å². The Kier molecular flexibility index (Phi) is 3.90. The maximum atomic E-state index is 13.0. The molecule has 0 aliphatic carbocycles. The van der Waals surface area contributed by atoms with Gasteiger partial charge < -0.3 is 5.73 Å². The van der Waals surface area contributed by atoms with Gasteiger partial charge in [-0.2, -0.15) is 0 Å². The fourth-order valence-electron chi connectivity index (χ4n) is 1.35. The third-order valence-corrected chi connectivity index (χ3v) is 2.75. The van der Waals surface area contributed by atoms with E-state index in [1.54, 1.807) is 6.07 Å². The topological polar surface area (TPSA) is 26.0 Å². The molecule has 0 spiro atoms. The first-order valence-electron chi connectivity index (χ1n) is 4.76. The first kappa shape index (κ1) is 11.5. The van der Waals surface area contributed by atoms with E-state index in [0.29, 0.717) is 10.9 Å². The molecule has 0 amide bonds. The Hall–Kier alpha value is -0.600. The average Bonchev–Trinajstić information content (AvgIpc) is 2.14. The maximum Gasteiger partial charge on any atom is 0.125 e. The van der Waals surface area contributed by atoms with Gasteiger partial charge in [-0.3, -0.25) is 0 Å². The summed E-state index contributed by atoms with van der Waals surface area (Å²) in [6, 6.07) is 4.31. The van der Waals surface area contributed by atoms with Crippen molar-refractivity contribution in [3.05, 3.63) is 34.6 Å². The van der Waals surface area contributed by atoms with E-state index in [0.717, 1.165) is 12.0 Å². The highest BCUT2D eigenvalue weighted by Gasteiger charge is 2.14. The van der Waals surface area contributed by atoms with E-state index in [-0.39, 0.29) is 11.9 Å². The Bertz CT molecular complexity index is 294. The van der Waals surface area contributed by atoms with Gasteiger partial charge in [-0.1, -0.05) is 31.9 Å². The summed E-state index contributed by atoms with van der Waals surface area (Å²) in [6.45, 7) is 4.11. The molecule has 0 radical (unpaired) electrons. The van der Waals surface area contributed by atoms with Crippen molar-refractivity contribution in [2.24, 2.45) is 11.7 Å². The minimum Gasteiger partial charge on any atom is -0.324 e.